The molecule has 0 saturated carbocycles. The molecule has 0 aromatic heterocycles. The minimum absolute atomic E-state index is 0.0383. The van der Waals surface area contributed by atoms with E-state index in [9.17, 15) is 19.2 Å². The van der Waals surface area contributed by atoms with Crippen LogP contribution in [0.15, 0.2) is 24.3 Å². The van der Waals surface area contributed by atoms with Crippen molar-refractivity contribution >= 4 is 45.3 Å². The van der Waals surface area contributed by atoms with Crippen LogP contribution in [-0.2, 0) is 28.7 Å². The lowest BCUT2D eigenvalue weighted by molar-refractivity contribution is -0.890. The Kier molecular flexibility index (Phi) is 39.4. The number of Topliss-reactive ketones (excluding diaryl/α,β-unsaturated/α-hetero) is 1. The molecule has 0 amide bonds. The highest BCUT2D eigenvalue weighted by Crippen LogP contribution is 2.30. The van der Waals surface area contributed by atoms with Crippen LogP contribution in [0.25, 0.3) is 0 Å². The highest BCUT2D eigenvalue weighted by atomic mass is 33.1. The third-order valence-electron chi connectivity index (χ3n) is 10.5. The number of ketones is 1. The molecule has 0 aromatic rings. The van der Waals surface area contributed by atoms with Crippen molar-refractivity contribution in [2.45, 2.75) is 218 Å². The molecule has 58 heavy (non-hydrogen) atoms. The van der Waals surface area contributed by atoms with Gasteiger partial charge >= 0.3 is 17.9 Å². The van der Waals surface area contributed by atoms with Gasteiger partial charge in [-0.2, -0.15) is 0 Å². The zero-order chi connectivity index (χ0) is 43.0. The van der Waals surface area contributed by atoms with Crippen molar-refractivity contribution in [1.29, 1.82) is 0 Å². The molecule has 2 unspecified atom stereocenters. The van der Waals surface area contributed by atoms with Crippen molar-refractivity contribution in [2.24, 2.45) is 0 Å². The Morgan fingerprint density at radius 3 is 1.45 bits per heavy atom. The van der Waals surface area contributed by atoms with Gasteiger partial charge in [-0.3, -0.25) is 19.2 Å². The number of allylic oxidation sites excluding steroid dienone is 4. The van der Waals surface area contributed by atoms with Crippen molar-refractivity contribution in [1.82, 2.24) is 0 Å². The standard InChI is InChI=1S/C48H87NO7S2/c1-6-8-10-12-14-16-18-20-22-24-26-28-30-32-34-36-47(53)55-42-44(41-49(4,5)38-39-57-58-45(43(3)50)40-46(51)52)56-48(54)37-35-33-31-29-27-25-23-21-19-17-15-13-11-9-7-2/h20-23,44-45H,6-19,24-42H2,1-5H3/p+1/b22-20-,23-21-. The summed E-state index contributed by atoms with van der Waals surface area (Å²) in [5.74, 6) is -0.940. The van der Waals surface area contributed by atoms with Crippen LogP contribution in [0.3, 0.4) is 0 Å². The van der Waals surface area contributed by atoms with Gasteiger partial charge in [-0.15, -0.1) is 0 Å². The molecule has 0 saturated heterocycles. The maximum Gasteiger partial charge on any atom is 0.306 e. The molecule has 0 aliphatic heterocycles. The predicted octanol–water partition coefficient (Wildman–Crippen LogP) is 13.4. The van der Waals surface area contributed by atoms with E-state index >= 15 is 0 Å². The van der Waals surface area contributed by atoms with Crippen molar-refractivity contribution in [2.75, 3.05) is 39.5 Å². The largest absolute Gasteiger partial charge is 0.481 e. The molecule has 2 atom stereocenters. The van der Waals surface area contributed by atoms with E-state index in [0.717, 1.165) is 57.8 Å². The summed E-state index contributed by atoms with van der Waals surface area (Å²) in [5, 5.41) is 8.55. The normalized spacial score (nSPS) is 13.0. The van der Waals surface area contributed by atoms with Crippen molar-refractivity contribution in [3.8, 4) is 0 Å². The first-order valence-corrected chi connectivity index (χ1v) is 25.9. The number of hydrogen-bond acceptors (Lipinski definition) is 8. The molecule has 338 valence electrons. The summed E-state index contributed by atoms with van der Waals surface area (Å²) in [6.45, 7) is 7.17. The molecule has 0 bridgehead atoms. The highest BCUT2D eigenvalue weighted by molar-refractivity contribution is 8.77. The molecule has 0 radical (unpaired) electrons. The van der Waals surface area contributed by atoms with Gasteiger partial charge in [0.25, 0.3) is 0 Å². The molecular formula is C48H88NO7S2+. The SMILES string of the molecule is CCCCCCCC/C=C\CCCCCCCC(=O)OCC(C[N+](C)(C)CCSSC(CC(=O)O)C(C)=O)OC(=O)CCCCCCC/C=C\CCCCCCCC. The molecule has 10 heteroatoms. The second kappa shape index (κ2) is 40.6. The molecule has 1 N–H and O–H groups in total. The Morgan fingerprint density at radius 1 is 0.603 bits per heavy atom. The number of hydrogen-bond donors (Lipinski definition) is 1. The summed E-state index contributed by atoms with van der Waals surface area (Å²) < 4.78 is 12.1. The first-order valence-electron chi connectivity index (χ1n) is 23.5. The lowest BCUT2D eigenvalue weighted by atomic mass is 10.1. The number of ether oxygens (including phenoxy) is 2. The summed E-state index contributed by atoms with van der Waals surface area (Å²) in [6, 6.07) is 0. The van der Waals surface area contributed by atoms with Crippen molar-refractivity contribution < 1.29 is 38.2 Å². The summed E-state index contributed by atoms with van der Waals surface area (Å²) in [4.78, 5) is 48.7. The molecule has 0 fully saturated rings. The number of unbranched alkanes of at least 4 members (excludes halogenated alkanes) is 22. The van der Waals surface area contributed by atoms with Crippen molar-refractivity contribution in [3.63, 3.8) is 0 Å². The van der Waals surface area contributed by atoms with Gasteiger partial charge in [0.2, 0.25) is 0 Å². The lowest BCUT2D eigenvalue weighted by Crippen LogP contribution is -2.49. The first-order chi connectivity index (χ1) is 28.0. The number of nitrogens with zero attached hydrogens (tertiary/aromatic N) is 1. The number of carbonyl (C=O) groups is 4. The van der Waals surface area contributed by atoms with Crippen LogP contribution in [-0.4, -0.2) is 84.2 Å². The molecule has 0 aliphatic carbocycles. The number of carbonyl (C=O) groups excluding carboxylic acids is 3. The van der Waals surface area contributed by atoms with E-state index in [-0.39, 0.29) is 30.7 Å². The van der Waals surface area contributed by atoms with Crippen LogP contribution in [0, 0.1) is 0 Å². The van der Waals surface area contributed by atoms with E-state index in [4.69, 9.17) is 14.6 Å². The number of quaternary nitrogens is 1. The monoisotopic (exact) mass is 855 g/mol. The van der Waals surface area contributed by atoms with Gasteiger partial charge in [-0.1, -0.05) is 162 Å². The third kappa shape index (κ3) is 39.7. The Bertz CT molecular complexity index is 1080. The number of rotatable bonds is 43. The second-order valence-electron chi connectivity index (χ2n) is 16.9. The van der Waals surface area contributed by atoms with Crippen LogP contribution in [0.5, 0.6) is 0 Å². The first kappa shape index (κ1) is 56.2. The van der Waals surface area contributed by atoms with E-state index < -0.39 is 17.3 Å². The van der Waals surface area contributed by atoms with E-state index in [1.807, 2.05) is 14.1 Å². The number of esters is 2. The van der Waals surface area contributed by atoms with Crippen LogP contribution in [0.2, 0.25) is 0 Å². The van der Waals surface area contributed by atoms with E-state index in [1.54, 1.807) is 0 Å². The summed E-state index contributed by atoms with van der Waals surface area (Å²) in [5.41, 5.74) is 0. The molecule has 0 rings (SSSR count). The van der Waals surface area contributed by atoms with E-state index in [2.05, 4.69) is 38.2 Å². The highest BCUT2D eigenvalue weighted by Gasteiger charge is 2.27. The molecule has 0 aromatic carbocycles. The summed E-state index contributed by atoms with van der Waals surface area (Å²) in [7, 11) is 6.88. The Hall–Kier alpha value is -1.78. The Labute approximate surface area is 364 Å². The zero-order valence-corrected chi connectivity index (χ0v) is 39.6. The van der Waals surface area contributed by atoms with Crippen LogP contribution in [0.1, 0.15) is 207 Å². The van der Waals surface area contributed by atoms with Crippen LogP contribution in [0.4, 0.5) is 0 Å². The number of carboxylic acid groups (broad SMARTS) is 1. The predicted molar refractivity (Wildman–Crippen MR) is 248 cm³/mol. The Balaban J connectivity index is 4.61. The molecule has 8 nitrogen and oxygen atoms in total. The third-order valence-corrected chi connectivity index (χ3v) is 13.3. The minimum Gasteiger partial charge on any atom is -0.481 e. The molecule has 0 heterocycles. The second-order valence-corrected chi connectivity index (χ2v) is 19.6. The molecule has 0 aliphatic rings. The average Bonchev–Trinajstić information content (AvgIpc) is 3.17. The van der Waals surface area contributed by atoms with Crippen molar-refractivity contribution in [3.05, 3.63) is 24.3 Å². The summed E-state index contributed by atoms with van der Waals surface area (Å²) in [6.07, 6.45) is 40.5. The smallest absolute Gasteiger partial charge is 0.306 e. The maximum absolute atomic E-state index is 13.0. The van der Waals surface area contributed by atoms with Gasteiger partial charge in [-0.25, -0.2) is 0 Å². The zero-order valence-electron chi connectivity index (χ0n) is 38.0. The van der Waals surface area contributed by atoms with E-state index in [1.165, 1.54) is 138 Å². The molecule has 0 spiro atoms. The molecular weight excluding hydrogens is 767 g/mol. The van der Waals surface area contributed by atoms with Gasteiger partial charge < -0.3 is 19.1 Å². The number of aliphatic carboxylic acids is 1. The van der Waals surface area contributed by atoms with E-state index in [0.29, 0.717) is 36.2 Å². The van der Waals surface area contributed by atoms with Gasteiger partial charge in [0.05, 0.1) is 38.1 Å². The fourth-order valence-electron chi connectivity index (χ4n) is 6.77. The topological polar surface area (TPSA) is 107 Å². The fourth-order valence-corrected chi connectivity index (χ4v) is 9.56. The van der Waals surface area contributed by atoms with Gasteiger partial charge in [0.15, 0.2) is 6.10 Å². The number of likely N-dealkylation sites (N-methyl/N-ethyl adjacent to an activating group) is 1. The number of carboxylic acids is 1. The van der Waals surface area contributed by atoms with Gasteiger partial charge in [0.1, 0.15) is 18.9 Å². The van der Waals surface area contributed by atoms with Gasteiger partial charge in [-0.05, 0) is 71.1 Å². The minimum atomic E-state index is -0.984. The van der Waals surface area contributed by atoms with Gasteiger partial charge in [0, 0.05) is 12.8 Å². The lowest BCUT2D eigenvalue weighted by Gasteiger charge is -2.33. The average molecular weight is 855 g/mol. The van der Waals surface area contributed by atoms with Crippen LogP contribution < -0.4 is 0 Å². The van der Waals surface area contributed by atoms with Crippen LogP contribution >= 0.6 is 21.6 Å². The fraction of sp³-hybridized carbons (Fsp3) is 0.833. The Morgan fingerprint density at radius 2 is 1.02 bits per heavy atom. The maximum atomic E-state index is 13.0. The quantitative estimate of drug-likeness (QED) is 0.0211. The summed E-state index contributed by atoms with van der Waals surface area (Å²) >= 11 is 0.